The Balaban J connectivity index is 1.62. The fourth-order valence-corrected chi connectivity index (χ4v) is 4.06. The number of carbonyl (C=O) groups excluding carboxylic acids is 1. The number of ether oxygens (including phenoxy) is 2. The maximum atomic E-state index is 12.3. The van der Waals surface area contributed by atoms with Crippen molar-refractivity contribution in [2.24, 2.45) is 0 Å². The molecule has 2 rings (SSSR count). The summed E-state index contributed by atoms with van der Waals surface area (Å²) in [5.41, 5.74) is 1.57. The van der Waals surface area contributed by atoms with Gasteiger partial charge in [-0.3, -0.25) is 4.79 Å². The number of sulfonamides is 1. The summed E-state index contributed by atoms with van der Waals surface area (Å²) in [7, 11) is -3.58. The highest BCUT2D eigenvalue weighted by Gasteiger charge is 2.17. The van der Waals surface area contributed by atoms with Crippen molar-refractivity contribution in [1.29, 1.82) is 0 Å². The average Bonchev–Trinajstić information content (AvgIpc) is 3.11. The van der Waals surface area contributed by atoms with E-state index in [1.807, 2.05) is 13.0 Å². The lowest BCUT2D eigenvalue weighted by Crippen LogP contribution is -2.35. The Morgan fingerprint density at radius 2 is 2.12 bits per heavy atom. The second-order valence-corrected chi connectivity index (χ2v) is 8.21. The van der Waals surface area contributed by atoms with Crippen LogP contribution >= 0.6 is 0 Å². The number of benzene rings is 1. The molecule has 1 aliphatic heterocycles. The average molecular weight is 384 g/mol. The molecule has 1 amide bonds. The molecule has 1 heterocycles. The van der Waals surface area contributed by atoms with E-state index in [2.05, 4.69) is 10.0 Å². The van der Waals surface area contributed by atoms with Crippen molar-refractivity contribution in [1.82, 2.24) is 10.0 Å². The van der Waals surface area contributed by atoms with E-state index in [1.54, 1.807) is 19.1 Å². The molecule has 0 aromatic heterocycles. The Kier molecular flexibility index (Phi) is 8.02. The predicted octanol–water partition coefficient (Wildman–Crippen LogP) is 1.28. The molecule has 0 radical (unpaired) electrons. The van der Waals surface area contributed by atoms with Crippen molar-refractivity contribution in [2.75, 3.05) is 32.9 Å². The van der Waals surface area contributed by atoms with Gasteiger partial charge in [-0.25, -0.2) is 13.1 Å². The van der Waals surface area contributed by atoms with Crippen LogP contribution in [0.2, 0.25) is 0 Å². The van der Waals surface area contributed by atoms with E-state index in [-0.39, 0.29) is 36.4 Å². The minimum Gasteiger partial charge on any atom is -0.378 e. The molecule has 1 unspecified atom stereocenters. The highest BCUT2D eigenvalue weighted by atomic mass is 32.2. The number of aryl methyl sites for hydroxylation is 2. The van der Waals surface area contributed by atoms with Crippen molar-refractivity contribution in [3.63, 3.8) is 0 Å². The zero-order valence-electron chi connectivity index (χ0n) is 15.4. The Hall–Kier alpha value is -1.48. The molecular weight excluding hydrogens is 356 g/mol. The predicted molar refractivity (Wildman–Crippen MR) is 98.5 cm³/mol. The van der Waals surface area contributed by atoms with E-state index >= 15 is 0 Å². The summed E-state index contributed by atoms with van der Waals surface area (Å²) in [5.74, 6) is -0.164. The summed E-state index contributed by atoms with van der Waals surface area (Å²) >= 11 is 0. The highest BCUT2D eigenvalue weighted by molar-refractivity contribution is 7.89. The van der Waals surface area contributed by atoms with E-state index < -0.39 is 10.0 Å². The van der Waals surface area contributed by atoms with Gasteiger partial charge < -0.3 is 14.8 Å². The van der Waals surface area contributed by atoms with Gasteiger partial charge in [-0.05, 0) is 43.9 Å². The number of amides is 1. The first-order chi connectivity index (χ1) is 12.4. The molecule has 0 spiro atoms. The standard InChI is InChI=1S/C18H28N2O5S/c1-14-5-6-15(2)17(12-14)26(22,23)20-9-8-19-18(21)7-11-24-13-16-4-3-10-25-16/h5-6,12,16,20H,3-4,7-11,13H2,1-2H3,(H,19,21). The normalized spacial score (nSPS) is 17.4. The van der Waals surface area contributed by atoms with Crippen LogP contribution in [0.3, 0.4) is 0 Å². The molecule has 1 atom stereocenters. The zero-order chi connectivity index (χ0) is 19.0. The van der Waals surface area contributed by atoms with E-state index in [0.717, 1.165) is 25.0 Å². The lowest BCUT2D eigenvalue weighted by atomic mass is 10.2. The highest BCUT2D eigenvalue weighted by Crippen LogP contribution is 2.16. The minimum absolute atomic E-state index is 0.137. The van der Waals surface area contributed by atoms with Crippen molar-refractivity contribution in [3.05, 3.63) is 29.3 Å². The molecule has 0 bridgehead atoms. The third kappa shape index (κ3) is 6.68. The third-order valence-corrected chi connectivity index (χ3v) is 5.78. The fraction of sp³-hybridized carbons (Fsp3) is 0.611. The number of rotatable bonds is 10. The third-order valence-electron chi connectivity index (χ3n) is 4.17. The van der Waals surface area contributed by atoms with Crippen LogP contribution in [-0.4, -0.2) is 53.3 Å². The second kappa shape index (κ2) is 10.0. The van der Waals surface area contributed by atoms with Gasteiger partial charge in [-0.2, -0.15) is 0 Å². The molecule has 7 nitrogen and oxygen atoms in total. The lowest BCUT2D eigenvalue weighted by molar-refractivity contribution is -0.122. The summed E-state index contributed by atoms with van der Waals surface area (Å²) < 4.78 is 38.0. The Labute approximate surface area is 155 Å². The monoisotopic (exact) mass is 384 g/mol. The SMILES string of the molecule is Cc1ccc(C)c(S(=O)(=O)NCCNC(=O)CCOCC2CCCO2)c1. The quantitative estimate of drug-likeness (QED) is 0.593. The minimum atomic E-state index is -3.58. The largest absolute Gasteiger partial charge is 0.378 e. The van der Waals surface area contributed by atoms with Crippen molar-refractivity contribution in [3.8, 4) is 0 Å². The summed E-state index contributed by atoms with van der Waals surface area (Å²) in [4.78, 5) is 12.0. The zero-order valence-corrected chi connectivity index (χ0v) is 16.2. The lowest BCUT2D eigenvalue weighted by Gasteiger charge is -2.11. The van der Waals surface area contributed by atoms with Crippen molar-refractivity contribution in [2.45, 2.75) is 44.1 Å². The molecule has 1 aliphatic rings. The second-order valence-electron chi connectivity index (χ2n) is 6.48. The van der Waals surface area contributed by atoms with Crippen LogP contribution < -0.4 is 10.0 Å². The number of hydrogen-bond donors (Lipinski definition) is 2. The fourth-order valence-electron chi connectivity index (χ4n) is 2.71. The molecule has 2 N–H and O–H groups in total. The van der Waals surface area contributed by atoms with Crippen LogP contribution in [0.15, 0.2) is 23.1 Å². The molecule has 1 aromatic carbocycles. The van der Waals surface area contributed by atoms with Gasteiger partial charge in [-0.1, -0.05) is 12.1 Å². The maximum Gasteiger partial charge on any atom is 0.240 e. The molecule has 0 saturated carbocycles. The molecule has 1 saturated heterocycles. The Morgan fingerprint density at radius 3 is 2.85 bits per heavy atom. The first kappa shape index (κ1) is 20.8. The molecule has 26 heavy (non-hydrogen) atoms. The Morgan fingerprint density at radius 1 is 1.31 bits per heavy atom. The summed E-state index contributed by atoms with van der Waals surface area (Å²) in [5, 5.41) is 2.68. The summed E-state index contributed by atoms with van der Waals surface area (Å²) in [6, 6.07) is 5.29. The number of carbonyl (C=O) groups is 1. The first-order valence-electron chi connectivity index (χ1n) is 8.91. The van der Waals surface area contributed by atoms with Crippen LogP contribution in [0.4, 0.5) is 0 Å². The topological polar surface area (TPSA) is 93.7 Å². The number of hydrogen-bond acceptors (Lipinski definition) is 5. The van der Waals surface area contributed by atoms with Crippen LogP contribution in [0.1, 0.15) is 30.4 Å². The van der Waals surface area contributed by atoms with Gasteiger partial charge in [0.15, 0.2) is 0 Å². The van der Waals surface area contributed by atoms with Gasteiger partial charge in [0.25, 0.3) is 0 Å². The van der Waals surface area contributed by atoms with Gasteiger partial charge in [0.05, 0.1) is 24.2 Å². The van der Waals surface area contributed by atoms with Gasteiger partial charge >= 0.3 is 0 Å². The van der Waals surface area contributed by atoms with E-state index in [0.29, 0.717) is 18.8 Å². The van der Waals surface area contributed by atoms with E-state index in [9.17, 15) is 13.2 Å². The van der Waals surface area contributed by atoms with Gasteiger partial charge in [0, 0.05) is 26.1 Å². The van der Waals surface area contributed by atoms with Gasteiger partial charge in [0.2, 0.25) is 15.9 Å². The van der Waals surface area contributed by atoms with Crippen LogP contribution in [0.5, 0.6) is 0 Å². The van der Waals surface area contributed by atoms with Gasteiger partial charge in [-0.15, -0.1) is 0 Å². The smallest absolute Gasteiger partial charge is 0.240 e. The maximum absolute atomic E-state index is 12.3. The summed E-state index contributed by atoms with van der Waals surface area (Å²) in [6.07, 6.45) is 2.47. The van der Waals surface area contributed by atoms with Crippen LogP contribution in [0.25, 0.3) is 0 Å². The van der Waals surface area contributed by atoms with E-state index in [1.165, 1.54) is 0 Å². The van der Waals surface area contributed by atoms with Crippen molar-refractivity contribution < 1.29 is 22.7 Å². The van der Waals surface area contributed by atoms with Crippen LogP contribution in [-0.2, 0) is 24.3 Å². The molecule has 0 aliphatic carbocycles. The first-order valence-corrected chi connectivity index (χ1v) is 10.4. The van der Waals surface area contributed by atoms with E-state index in [4.69, 9.17) is 9.47 Å². The Bertz CT molecular complexity index is 700. The van der Waals surface area contributed by atoms with Crippen LogP contribution in [0, 0.1) is 13.8 Å². The van der Waals surface area contributed by atoms with Gasteiger partial charge in [0.1, 0.15) is 0 Å². The molecule has 1 fully saturated rings. The molecular formula is C18H28N2O5S. The molecule has 8 heteroatoms. The molecule has 1 aromatic rings. The summed E-state index contributed by atoms with van der Waals surface area (Å²) in [6.45, 7) is 5.61. The number of nitrogens with one attached hydrogen (secondary N) is 2. The molecule has 146 valence electrons. The van der Waals surface area contributed by atoms with Crippen molar-refractivity contribution >= 4 is 15.9 Å².